The number of rotatable bonds is 8. The Kier molecular flexibility index (Phi) is 7.54. The van der Waals surface area contributed by atoms with E-state index >= 15 is 0 Å². The molecule has 0 heterocycles. The summed E-state index contributed by atoms with van der Waals surface area (Å²) in [5, 5.41) is 11.4. The van der Waals surface area contributed by atoms with E-state index in [2.05, 4.69) is 5.32 Å². The highest BCUT2D eigenvalue weighted by Crippen LogP contribution is 2.07. The van der Waals surface area contributed by atoms with Crippen LogP contribution in [0.1, 0.15) is 39.5 Å². The van der Waals surface area contributed by atoms with Gasteiger partial charge in [-0.1, -0.05) is 13.8 Å². The Balaban J connectivity index is 3.98. The number of carboxylic acids is 1. The molecule has 0 spiro atoms. The lowest BCUT2D eigenvalue weighted by Crippen LogP contribution is -2.40. The van der Waals surface area contributed by atoms with Gasteiger partial charge in [-0.05, 0) is 25.3 Å². The molecule has 0 fully saturated rings. The lowest BCUT2D eigenvalue weighted by atomic mass is 10.0. The number of carbonyl (C=O) groups excluding carboxylic acids is 1. The van der Waals surface area contributed by atoms with Crippen LogP contribution in [0.4, 0.5) is 0 Å². The number of amides is 1. The third-order valence-corrected chi connectivity index (χ3v) is 2.40. The van der Waals surface area contributed by atoms with E-state index in [0.717, 1.165) is 12.8 Å². The van der Waals surface area contributed by atoms with Crippen molar-refractivity contribution in [1.29, 1.82) is 0 Å². The fourth-order valence-electron chi connectivity index (χ4n) is 1.35. The van der Waals surface area contributed by atoms with E-state index in [1.54, 1.807) is 0 Å². The second-order valence-electron chi connectivity index (χ2n) is 4.26. The Bertz CT molecular complexity index is 229. The molecule has 0 radical (unpaired) electrons. The molecule has 4 N–H and O–H groups in total. The Labute approximate surface area is 96.4 Å². The standard InChI is InChI=1S/C11H22N2O3/c1-8(2)9(7-11(15)16)13-10(14)5-3-4-6-12/h8-9H,3-7,12H2,1-2H3,(H,13,14)(H,15,16). The van der Waals surface area contributed by atoms with Gasteiger partial charge < -0.3 is 16.2 Å². The summed E-state index contributed by atoms with van der Waals surface area (Å²) in [6.07, 6.45) is 1.96. The molecule has 94 valence electrons. The van der Waals surface area contributed by atoms with Crippen molar-refractivity contribution in [2.75, 3.05) is 6.54 Å². The summed E-state index contributed by atoms with van der Waals surface area (Å²) in [7, 11) is 0. The largest absolute Gasteiger partial charge is 0.481 e. The van der Waals surface area contributed by atoms with Gasteiger partial charge in [-0.3, -0.25) is 9.59 Å². The van der Waals surface area contributed by atoms with E-state index < -0.39 is 5.97 Å². The highest BCUT2D eigenvalue weighted by Gasteiger charge is 2.18. The molecule has 0 saturated carbocycles. The van der Waals surface area contributed by atoms with Crippen LogP contribution in [-0.4, -0.2) is 29.6 Å². The second kappa shape index (κ2) is 8.10. The third-order valence-electron chi connectivity index (χ3n) is 2.40. The first-order chi connectivity index (χ1) is 7.47. The minimum Gasteiger partial charge on any atom is -0.481 e. The summed E-state index contributed by atoms with van der Waals surface area (Å²) in [4.78, 5) is 22.1. The average Bonchev–Trinajstić information content (AvgIpc) is 2.16. The van der Waals surface area contributed by atoms with Crippen molar-refractivity contribution in [3.8, 4) is 0 Å². The molecule has 0 aromatic heterocycles. The van der Waals surface area contributed by atoms with Crippen LogP contribution >= 0.6 is 0 Å². The van der Waals surface area contributed by atoms with Crippen LogP contribution in [0.3, 0.4) is 0 Å². The van der Waals surface area contributed by atoms with Gasteiger partial charge >= 0.3 is 5.97 Å². The molecular weight excluding hydrogens is 208 g/mol. The fraction of sp³-hybridized carbons (Fsp3) is 0.818. The number of nitrogens with two attached hydrogens (primary N) is 1. The molecule has 0 aromatic rings. The maximum absolute atomic E-state index is 11.5. The zero-order valence-corrected chi connectivity index (χ0v) is 10.0. The molecule has 16 heavy (non-hydrogen) atoms. The predicted octanol–water partition coefficient (Wildman–Crippen LogP) is 0.731. The zero-order valence-electron chi connectivity index (χ0n) is 10.0. The fourth-order valence-corrected chi connectivity index (χ4v) is 1.35. The van der Waals surface area contributed by atoms with Crippen molar-refractivity contribution in [3.05, 3.63) is 0 Å². The number of hydrogen-bond donors (Lipinski definition) is 3. The van der Waals surface area contributed by atoms with Crippen LogP contribution in [0, 0.1) is 5.92 Å². The molecule has 0 aromatic carbocycles. The minimum atomic E-state index is -0.888. The Hall–Kier alpha value is -1.10. The summed E-state index contributed by atoms with van der Waals surface area (Å²) in [5.41, 5.74) is 5.32. The highest BCUT2D eigenvalue weighted by atomic mass is 16.4. The van der Waals surface area contributed by atoms with Gasteiger partial charge in [0.1, 0.15) is 0 Å². The lowest BCUT2D eigenvalue weighted by molar-refractivity contribution is -0.138. The SMILES string of the molecule is CC(C)C(CC(=O)O)NC(=O)CCCCN. The molecule has 5 nitrogen and oxygen atoms in total. The van der Waals surface area contributed by atoms with Crippen molar-refractivity contribution < 1.29 is 14.7 Å². The van der Waals surface area contributed by atoms with Gasteiger partial charge in [-0.2, -0.15) is 0 Å². The number of hydrogen-bond acceptors (Lipinski definition) is 3. The Morgan fingerprint density at radius 3 is 2.38 bits per heavy atom. The van der Waals surface area contributed by atoms with Crippen LogP contribution in [0.2, 0.25) is 0 Å². The normalized spacial score (nSPS) is 12.5. The van der Waals surface area contributed by atoms with Gasteiger partial charge in [-0.15, -0.1) is 0 Å². The number of carboxylic acid groups (broad SMARTS) is 1. The van der Waals surface area contributed by atoms with Gasteiger partial charge in [-0.25, -0.2) is 0 Å². The van der Waals surface area contributed by atoms with Crippen molar-refractivity contribution in [3.63, 3.8) is 0 Å². The average molecular weight is 230 g/mol. The molecule has 0 bridgehead atoms. The molecule has 0 aliphatic rings. The first-order valence-electron chi connectivity index (χ1n) is 5.68. The predicted molar refractivity (Wildman–Crippen MR) is 61.9 cm³/mol. The summed E-state index contributed by atoms with van der Waals surface area (Å²) < 4.78 is 0. The molecule has 0 rings (SSSR count). The van der Waals surface area contributed by atoms with Gasteiger partial charge in [0, 0.05) is 12.5 Å². The first-order valence-corrected chi connectivity index (χ1v) is 5.68. The molecule has 1 atom stereocenters. The number of carbonyl (C=O) groups is 2. The highest BCUT2D eigenvalue weighted by molar-refractivity contribution is 5.77. The Morgan fingerprint density at radius 1 is 1.31 bits per heavy atom. The van der Waals surface area contributed by atoms with E-state index in [1.807, 2.05) is 13.8 Å². The van der Waals surface area contributed by atoms with Gasteiger partial charge in [0.2, 0.25) is 5.91 Å². The molecule has 1 amide bonds. The summed E-state index contributed by atoms with van der Waals surface area (Å²) in [5.74, 6) is -0.857. The maximum atomic E-state index is 11.5. The zero-order chi connectivity index (χ0) is 12.6. The number of nitrogens with one attached hydrogen (secondary N) is 1. The molecule has 0 aliphatic heterocycles. The van der Waals surface area contributed by atoms with Gasteiger partial charge in [0.05, 0.1) is 6.42 Å². The van der Waals surface area contributed by atoms with Crippen LogP contribution in [0.5, 0.6) is 0 Å². The molecule has 1 unspecified atom stereocenters. The summed E-state index contributed by atoms with van der Waals surface area (Å²) in [6, 6.07) is -0.289. The quantitative estimate of drug-likeness (QED) is 0.536. The smallest absolute Gasteiger partial charge is 0.305 e. The van der Waals surface area contributed by atoms with Crippen LogP contribution in [0.25, 0.3) is 0 Å². The topological polar surface area (TPSA) is 92.4 Å². The monoisotopic (exact) mass is 230 g/mol. The molecule has 5 heteroatoms. The molecule has 0 saturated heterocycles. The first kappa shape index (κ1) is 14.9. The van der Waals surface area contributed by atoms with Crippen molar-refractivity contribution in [2.24, 2.45) is 11.7 Å². The molecular formula is C11H22N2O3. The third kappa shape index (κ3) is 7.23. The Morgan fingerprint density at radius 2 is 1.94 bits per heavy atom. The summed E-state index contributed by atoms with van der Waals surface area (Å²) in [6.45, 7) is 4.37. The van der Waals surface area contributed by atoms with Crippen molar-refractivity contribution in [2.45, 2.75) is 45.6 Å². The minimum absolute atomic E-state index is 0.0275. The summed E-state index contributed by atoms with van der Waals surface area (Å²) >= 11 is 0. The van der Waals surface area contributed by atoms with E-state index in [-0.39, 0.29) is 24.3 Å². The van der Waals surface area contributed by atoms with E-state index in [0.29, 0.717) is 13.0 Å². The second-order valence-corrected chi connectivity index (χ2v) is 4.26. The van der Waals surface area contributed by atoms with E-state index in [4.69, 9.17) is 10.8 Å². The van der Waals surface area contributed by atoms with Crippen molar-refractivity contribution >= 4 is 11.9 Å². The van der Waals surface area contributed by atoms with Crippen LogP contribution in [0.15, 0.2) is 0 Å². The van der Waals surface area contributed by atoms with Gasteiger partial charge in [0.15, 0.2) is 0 Å². The maximum Gasteiger partial charge on any atom is 0.305 e. The van der Waals surface area contributed by atoms with Crippen LogP contribution in [-0.2, 0) is 9.59 Å². The van der Waals surface area contributed by atoms with Gasteiger partial charge in [0.25, 0.3) is 0 Å². The van der Waals surface area contributed by atoms with Crippen molar-refractivity contribution in [1.82, 2.24) is 5.32 Å². The molecule has 0 aliphatic carbocycles. The number of aliphatic carboxylic acids is 1. The van der Waals surface area contributed by atoms with E-state index in [1.165, 1.54) is 0 Å². The number of unbranched alkanes of at least 4 members (excludes halogenated alkanes) is 1. The van der Waals surface area contributed by atoms with Crippen LogP contribution < -0.4 is 11.1 Å². The van der Waals surface area contributed by atoms with E-state index in [9.17, 15) is 9.59 Å². The lowest BCUT2D eigenvalue weighted by Gasteiger charge is -2.20.